The lowest BCUT2D eigenvalue weighted by Gasteiger charge is -1.98. The number of pyridine rings is 1. The van der Waals surface area contributed by atoms with Crippen LogP contribution in [-0.4, -0.2) is 19.2 Å². The number of hydrogen-bond acceptors (Lipinski definition) is 3. The van der Waals surface area contributed by atoms with E-state index in [0.717, 1.165) is 23.4 Å². The van der Waals surface area contributed by atoms with Crippen LogP contribution in [0.4, 0.5) is 5.82 Å². The first-order valence-corrected chi connectivity index (χ1v) is 6.44. The van der Waals surface area contributed by atoms with E-state index in [4.69, 9.17) is 17.3 Å². The highest BCUT2D eigenvalue weighted by molar-refractivity contribution is 6.33. The normalized spacial score (nSPS) is 11.3. The van der Waals surface area contributed by atoms with E-state index < -0.39 is 0 Å². The predicted octanol–water partition coefficient (Wildman–Crippen LogP) is 2.53. The molecule has 3 aromatic heterocycles. The van der Waals surface area contributed by atoms with Gasteiger partial charge in [0.2, 0.25) is 0 Å². The van der Waals surface area contributed by atoms with Gasteiger partial charge in [0.25, 0.3) is 0 Å². The topological polar surface area (TPSA) is 61.1 Å². The first-order chi connectivity index (χ1) is 9.11. The lowest BCUT2D eigenvalue weighted by atomic mass is 10.1. The molecule has 0 aliphatic heterocycles. The van der Waals surface area contributed by atoms with E-state index >= 15 is 0 Å². The molecule has 98 valence electrons. The highest BCUT2D eigenvalue weighted by Crippen LogP contribution is 2.31. The zero-order valence-electron chi connectivity index (χ0n) is 10.8. The molecule has 0 saturated carbocycles. The molecule has 0 radical (unpaired) electrons. The summed E-state index contributed by atoms with van der Waals surface area (Å²) in [7, 11) is 1.89. The highest BCUT2D eigenvalue weighted by Gasteiger charge is 2.17. The van der Waals surface area contributed by atoms with Crippen molar-refractivity contribution in [1.82, 2.24) is 19.2 Å². The summed E-state index contributed by atoms with van der Waals surface area (Å²) in [5.41, 5.74) is 9.52. The zero-order valence-corrected chi connectivity index (χ0v) is 11.5. The van der Waals surface area contributed by atoms with E-state index in [0.29, 0.717) is 16.5 Å². The van der Waals surface area contributed by atoms with Crippen LogP contribution >= 0.6 is 11.6 Å². The number of imidazole rings is 1. The minimum absolute atomic E-state index is 0.584. The van der Waals surface area contributed by atoms with Crippen molar-refractivity contribution in [1.29, 1.82) is 0 Å². The number of fused-ring (bicyclic) bond motifs is 1. The Balaban J connectivity index is 2.31. The molecule has 0 aliphatic carbocycles. The molecule has 0 bridgehead atoms. The average Bonchev–Trinajstić information content (AvgIpc) is 2.92. The summed E-state index contributed by atoms with van der Waals surface area (Å²) in [4.78, 5) is 4.56. The highest BCUT2D eigenvalue weighted by atomic mass is 35.5. The number of rotatable bonds is 2. The minimum atomic E-state index is 0.584. The SMILES string of the molecule is CCc1nn(C)cc1-c1nc2c(Cl)cccn2c1N. The Morgan fingerprint density at radius 3 is 2.89 bits per heavy atom. The molecule has 3 rings (SSSR count). The molecule has 0 aromatic carbocycles. The average molecular weight is 276 g/mol. The molecule has 3 aromatic rings. The summed E-state index contributed by atoms with van der Waals surface area (Å²) in [6.07, 6.45) is 4.62. The third-order valence-corrected chi connectivity index (χ3v) is 3.43. The number of nitrogen functional groups attached to an aromatic ring is 1. The molecule has 19 heavy (non-hydrogen) atoms. The standard InChI is InChI=1S/C13H14ClN5/c1-3-10-8(7-18(2)17-10)11-12(15)19-6-4-5-9(14)13(19)16-11/h4-7H,3,15H2,1-2H3. The van der Waals surface area contributed by atoms with Crippen molar-refractivity contribution >= 4 is 23.1 Å². The predicted molar refractivity (Wildman–Crippen MR) is 76.2 cm³/mol. The van der Waals surface area contributed by atoms with E-state index in [9.17, 15) is 0 Å². The fourth-order valence-electron chi connectivity index (χ4n) is 2.24. The Morgan fingerprint density at radius 2 is 2.21 bits per heavy atom. The smallest absolute Gasteiger partial charge is 0.157 e. The van der Waals surface area contributed by atoms with Crippen molar-refractivity contribution < 1.29 is 0 Å². The second-order valence-corrected chi connectivity index (χ2v) is 4.82. The van der Waals surface area contributed by atoms with Gasteiger partial charge < -0.3 is 5.73 Å². The van der Waals surface area contributed by atoms with Crippen LogP contribution in [0.1, 0.15) is 12.6 Å². The molecular weight excluding hydrogens is 262 g/mol. The van der Waals surface area contributed by atoms with E-state index in [1.807, 2.05) is 25.5 Å². The molecule has 0 atom stereocenters. The van der Waals surface area contributed by atoms with E-state index in [1.54, 1.807) is 15.1 Å². The lowest BCUT2D eigenvalue weighted by Crippen LogP contribution is -1.94. The maximum atomic E-state index is 6.18. The maximum absolute atomic E-state index is 6.18. The molecule has 0 spiro atoms. The summed E-state index contributed by atoms with van der Waals surface area (Å²) in [6.45, 7) is 2.06. The van der Waals surface area contributed by atoms with Crippen molar-refractivity contribution in [3.8, 4) is 11.3 Å². The van der Waals surface area contributed by atoms with Gasteiger partial charge >= 0.3 is 0 Å². The fraction of sp³-hybridized carbons (Fsp3) is 0.231. The zero-order chi connectivity index (χ0) is 13.6. The van der Waals surface area contributed by atoms with E-state index in [-0.39, 0.29) is 0 Å². The van der Waals surface area contributed by atoms with Gasteiger partial charge in [0.05, 0.1) is 10.7 Å². The Morgan fingerprint density at radius 1 is 1.42 bits per heavy atom. The third-order valence-electron chi connectivity index (χ3n) is 3.13. The number of aryl methyl sites for hydroxylation is 2. The number of hydrogen-bond donors (Lipinski definition) is 1. The second-order valence-electron chi connectivity index (χ2n) is 4.41. The number of aromatic nitrogens is 4. The van der Waals surface area contributed by atoms with Crippen molar-refractivity contribution in [2.75, 3.05) is 5.73 Å². The van der Waals surface area contributed by atoms with Crippen LogP contribution in [-0.2, 0) is 13.5 Å². The molecule has 6 heteroatoms. The summed E-state index contributed by atoms with van der Waals surface area (Å²) < 4.78 is 3.57. The molecule has 0 saturated heterocycles. The van der Waals surface area contributed by atoms with Crippen molar-refractivity contribution in [3.63, 3.8) is 0 Å². The monoisotopic (exact) mass is 275 g/mol. The number of anilines is 1. The number of halogens is 1. The molecule has 3 heterocycles. The maximum Gasteiger partial charge on any atom is 0.157 e. The quantitative estimate of drug-likeness (QED) is 0.782. The van der Waals surface area contributed by atoms with Crippen LogP contribution < -0.4 is 5.73 Å². The Labute approximate surface area is 115 Å². The Bertz CT molecular complexity index is 756. The van der Waals surface area contributed by atoms with Crippen molar-refractivity contribution in [2.45, 2.75) is 13.3 Å². The van der Waals surface area contributed by atoms with Crippen LogP contribution in [0.25, 0.3) is 16.9 Å². The lowest BCUT2D eigenvalue weighted by molar-refractivity contribution is 0.746. The summed E-state index contributed by atoms with van der Waals surface area (Å²) in [6, 6.07) is 3.65. The molecule has 5 nitrogen and oxygen atoms in total. The van der Waals surface area contributed by atoms with Gasteiger partial charge in [-0.3, -0.25) is 9.08 Å². The first-order valence-electron chi connectivity index (χ1n) is 6.06. The number of nitrogens with zero attached hydrogens (tertiary/aromatic N) is 4. The largest absolute Gasteiger partial charge is 0.383 e. The minimum Gasteiger partial charge on any atom is -0.383 e. The van der Waals surface area contributed by atoms with Crippen LogP contribution in [0.5, 0.6) is 0 Å². The molecular formula is C13H14ClN5. The van der Waals surface area contributed by atoms with Gasteiger partial charge in [-0.1, -0.05) is 18.5 Å². The van der Waals surface area contributed by atoms with Gasteiger partial charge in [-0.15, -0.1) is 0 Å². The van der Waals surface area contributed by atoms with Gasteiger partial charge in [-0.25, -0.2) is 4.98 Å². The second kappa shape index (κ2) is 4.28. The summed E-state index contributed by atoms with van der Waals surface area (Å²) in [5, 5.41) is 5.00. The molecule has 0 fully saturated rings. The third kappa shape index (κ3) is 1.77. The molecule has 0 unspecified atom stereocenters. The molecule has 2 N–H and O–H groups in total. The summed E-state index contributed by atoms with van der Waals surface area (Å²) >= 11 is 6.15. The van der Waals surface area contributed by atoms with Gasteiger partial charge in [-0.2, -0.15) is 5.10 Å². The Hall–Kier alpha value is -2.01. The van der Waals surface area contributed by atoms with Crippen LogP contribution in [0.2, 0.25) is 5.02 Å². The van der Waals surface area contributed by atoms with Crippen LogP contribution in [0, 0.1) is 0 Å². The molecule has 0 amide bonds. The van der Waals surface area contributed by atoms with Gasteiger partial charge in [0.1, 0.15) is 11.5 Å². The van der Waals surface area contributed by atoms with Gasteiger partial charge in [0, 0.05) is 25.0 Å². The summed E-state index contributed by atoms with van der Waals surface area (Å²) in [5.74, 6) is 0.584. The van der Waals surface area contributed by atoms with Crippen molar-refractivity contribution in [2.24, 2.45) is 7.05 Å². The van der Waals surface area contributed by atoms with Gasteiger partial charge in [0.15, 0.2) is 5.65 Å². The van der Waals surface area contributed by atoms with Gasteiger partial charge in [-0.05, 0) is 18.6 Å². The number of nitrogens with two attached hydrogens (primary N) is 1. The van der Waals surface area contributed by atoms with Crippen LogP contribution in [0.15, 0.2) is 24.5 Å². The first kappa shape index (κ1) is 12.0. The fourth-order valence-corrected chi connectivity index (χ4v) is 2.45. The molecule has 0 aliphatic rings. The van der Waals surface area contributed by atoms with Crippen molar-refractivity contribution in [3.05, 3.63) is 35.2 Å². The van der Waals surface area contributed by atoms with Crippen LogP contribution in [0.3, 0.4) is 0 Å². The van der Waals surface area contributed by atoms with E-state index in [1.165, 1.54) is 0 Å². The van der Waals surface area contributed by atoms with E-state index in [2.05, 4.69) is 17.0 Å². The Kier molecular flexibility index (Phi) is 2.71.